The van der Waals surface area contributed by atoms with Crippen LogP contribution in [0.1, 0.15) is 12.5 Å². The molecule has 1 aromatic rings. The summed E-state index contributed by atoms with van der Waals surface area (Å²) in [4.78, 5) is 25.2. The molecule has 0 bridgehead atoms. The molecule has 114 valence electrons. The fourth-order valence-corrected chi connectivity index (χ4v) is 2.32. The standard InChI is InChI=1S/C12H15N3O5S/c1-2-14-11(16)8-15-21(19,20)10-5-9(6-13-7-10)3-4-12(17)18/h3-7,15H,2,8H2,1H3,(H,14,16)(H,17,18). The van der Waals surface area contributed by atoms with Gasteiger partial charge in [-0.2, -0.15) is 0 Å². The third kappa shape index (κ3) is 5.71. The molecule has 0 saturated carbocycles. The molecule has 0 aliphatic carbocycles. The topological polar surface area (TPSA) is 125 Å². The van der Waals surface area contributed by atoms with Crippen molar-refractivity contribution in [3.63, 3.8) is 0 Å². The Bertz CT molecular complexity index is 655. The molecule has 0 saturated heterocycles. The van der Waals surface area contributed by atoms with E-state index >= 15 is 0 Å². The predicted octanol–water partition coefficient (Wildman–Crippen LogP) is -0.406. The lowest BCUT2D eigenvalue weighted by Gasteiger charge is -2.07. The van der Waals surface area contributed by atoms with Gasteiger partial charge >= 0.3 is 5.97 Å². The monoisotopic (exact) mass is 313 g/mol. The first-order valence-electron chi connectivity index (χ1n) is 5.97. The Morgan fingerprint density at radius 2 is 2.10 bits per heavy atom. The fourth-order valence-electron chi connectivity index (χ4n) is 1.34. The number of nitrogens with one attached hydrogen (secondary N) is 2. The normalized spacial score (nSPS) is 11.5. The van der Waals surface area contributed by atoms with E-state index in [0.29, 0.717) is 12.1 Å². The van der Waals surface area contributed by atoms with Crippen LogP contribution < -0.4 is 10.0 Å². The van der Waals surface area contributed by atoms with Gasteiger partial charge in [-0.05, 0) is 24.6 Å². The SMILES string of the molecule is CCNC(=O)CNS(=O)(=O)c1cncc(C=CC(=O)O)c1. The van der Waals surface area contributed by atoms with E-state index in [-0.39, 0.29) is 11.4 Å². The first kappa shape index (κ1) is 16.8. The Balaban J connectivity index is 2.86. The van der Waals surface area contributed by atoms with Crippen molar-refractivity contribution in [2.45, 2.75) is 11.8 Å². The van der Waals surface area contributed by atoms with Crippen LogP contribution in [0.15, 0.2) is 29.4 Å². The molecule has 0 atom stereocenters. The van der Waals surface area contributed by atoms with Crippen LogP contribution in [0, 0.1) is 0 Å². The quantitative estimate of drug-likeness (QED) is 0.588. The average molecular weight is 313 g/mol. The van der Waals surface area contributed by atoms with Crippen LogP contribution in [0.4, 0.5) is 0 Å². The van der Waals surface area contributed by atoms with Crippen LogP contribution in [0.2, 0.25) is 0 Å². The van der Waals surface area contributed by atoms with E-state index < -0.39 is 21.9 Å². The van der Waals surface area contributed by atoms with Gasteiger partial charge in [-0.3, -0.25) is 9.78 Å². The Morgan fingerprint density at radius 1 is 1.38 bits per heavy atom. The van der Waals surface area contributed by atoms with Crippen LogP contribution in [0.25, 0.3) is 6.08 Å². The summed E-state index contributed by atoms with van der Waals surface area (Å²) in [6, 6.07) is 1.26. The lowest BCUT2D eigenvalue weighted by Crippen LogP contribution is -2.36. The number of pyridine rings is 1. The van der Waals surface area contributed by atoms with E-state index in [2.05, 4.69) is 15.0 Å². The van der Waals surface area contributed by atoms with E-state index in [9.17, 15) is 18.0 Å². The van der Waals surface area contributed by atoms with Gasteiger partial charge in [-0.1, -0.05) is 0 Å². The van der Waals surface area contributed by atoms with Gasteiger partial charge in [0.05, 0.1) is 6.54 Å². The summed E-state index contributed by atoms with van der Waals surface area (Å²) in [7, 11) is -3.89. The highest BCUT2D eigenvalue weighted by atomic mass is 32.2. The molecule has 1 amide bonds. The summed E-state index contributed by atoms with van der Waals surface area (Å²) < 4.78 is 26.1. The van der Waals surface area contributed by atoms with Gasteiger partial charge in [-0.25, -0.2) is 17.9 Å². The molecule has 9 heteroatoms. The molecule has 21 heavy (non-hydrogen) atoms. The number of rotatable bonds is 7. The summed E-state index contributed by atoms with van der Waals surface area (Å²) in [5.41, 5.74) is 0.318. The van der Waals surface area contributed by atoms with Crippen molar-refractivity contribution in [3.8, 4) is 0 Å². The summed E-state index contributed by atoms with van der Waals surface area (Å²) in [6.07, 6.45) is 4.52. The molecule has 0 aromatic carbocycles. The number of sulfonamides is 1. The molecule has 1 heterocycles. The maximum absolute atomic E-state index is 12.0. The second-order valence-electron chi connectivity index (χ2n) is 3.90. The number of aliphatic carboxylic acids is 1. The van der Waals surface area contributed by atoms with E-state index in [0.717, 1.165) is 12.3 Å². The van der Waals surface area contributed by atoms with Crippen LogP contribution in [-0.4, -0.2) is 43.5 Å². The fraction of sp³-hybridized carbons (Fsp3) is 0.250. The first-order valence-corrected chi connectivity index (χ1v) is 7.46. The highest BCUT2D eigenvalue weighted by Crippen LogP contribution is 2.10. The van der Waals surface area contributed by atoms with E-state index in [4.69, 9.17) is 5.11 Å². The van der Waals surface area contributed by atoms with Gasteiger partial charge in [0.1, 0.15) is 4.90 Å². The van der Waals surface area contributed by atoms with Gasteiger partial charge in [0.15, 0.2) is 0 Å². The van der Waals surface area contributed by atoms with Crippen LogP contribution in [0.3, 0.4) is 0 Å². The second-order valence-corrected chi connectivity index (χ2v) is 5.67. The molecule has 0 aliphatic heterocycles. The Morgan fingerprint density at radius 3 is 2.71 bits per heavy atom. The molecular weight excluding hydrogens is 298 g/mol. The highest BCUT2D eigenvalue weighted by molar-refractivity contribution is 7.89. The van der Waals surface area contributed by atoms with Crippen molar-refractivity contribution in [3.05, 3.63) is 30.1 Å². The maximum Gasteiger partial charge on any atom is 0.328 e. The first-order chi connectivity index (χ1) is 9.85. The van der Waals surface area contributed by atoms with E-state index in [1.165, 1.54) is 18.3 Å². The summed E-state index contributed by atoms with van der Waals surface area (Å²) in [5.74, 6) is -1.60. The second kappa shape index (κ2) is 7.50. The number of carboxylic acids is 1. The number of hydrogen-bond acceptors (Lipinski definition) is 5. The Kier molecular flexibility index (Phi) is 6.00. The van der Waals surface area contributed by atoms with Gasteiger partial charge in [-0.15, -0.1) is 0 Å². The molecular formula is C12H15N3O5S. The maximum atomic E-state index is 12.0. The van der Waals surface area contributed by atoms with Gasteiger partial charge in [0.2, 0.25) is 15.9 Å². The largest absolute Gasteiger partial charge is 0.478 e. The number of carbonyl (C=O) groups excluding carboxylic acids is 1. The third-order valence-electron chi connectivity index (χ3n) is 2.26. The van der Waals surface area contributed by atoms with Crippen molar-refractivity contribution in [1.82, 2.24) is 15.0 Å². The van der Waals surface area contributed by atoms with Crippen molar-refractivity contribution < 1.29 is 23.1 Å². The highest BCUT2D eigenvalue weighted by Gasteiger charge is 2.15. The zero-order valence-electron chi connectivity index (χ0n) is 11.2. The van der Waals surface area contributed by atoms with Gasteiger partial charge < -0.3 is 10.4 Å². The zero-order chi connectivity index (χ0) is 15.9. The van der Waals surface area contributed by atoms with E-state index in [1.807, 2.05) is 0 Å². The molecule has 0 fully saturated rings. The van der Waals surface area contributed by atoms with Crippen LogP contribution in [-0.2, 0) is 19.6 Å². The zero-order valence-corrected chi connectivity index (χ0v) is 12.1. The summed E-state index contributed by atoms with van der Waals surface area (Å²) in [5, 5.41) is 11.0. The summed E-state index contributed by atoms with van der Waals surface area (Å²) >= 11 is 0. The Labute approximate surface area is 121 Å². The molecule has 0 unspecified atom stereocenters. The number of carbonyl (C=O) groups is 2. The molecule has 1 rings (SSSR count). The molecule has 0 aliphatic rings. The minimum absolute atomic E-state index is 0.153. The minimum Gasteiger partial charge on any atom is -0.478 e. The number of amides is 1. The van der Waals surface area contributed by atoms with Crippen molar-refractivity contribution in [1.29, 1.82) is 0 Å². The lowest BCUT2D eigenvalue weighted by molar-refractivity contribution is -0.131. The number of nitrogens with zero attached hydrogens (tertiary/aromatic N) is 1. The van der Waals surface area contributed by atoms with Crippen molar-refractivity contribution in [2.24, 2.45) is 0 Å². The predicted molar refractivity (Wildman–Crippen MR) is 74.8 cm³/mol. The number of hydrogen-bond donors (Lipinski definition) is 3. The number of carboxylic acid groups (broad SMARTS) is 1. The van der Waals surface area contributed by atoms with Gasteiger partial charge in [0, 0.05) is 25.0 Å². The van der Waals surface area contributed by atoms with E-state index in [1.54, 1.807) is 6.92 Å². The molecule has 0 spiro atoms. The van der Waals surface area contributed by atoms with Crippen molar-refractivity contribution >= 4 is 28.0 Å². The Hall–Kier alpha value is -2.26. The number of likely N-dealkylation sites (N-methyl/N-ethyl adjacent to an activating group) is 1. The third-order valence-corrected chi connectivity index (χ3v) is 3.63. The molecule has 0 radical (unpaired) electrons. The lowest BCUT2D eigenvalue weighted by atomic mass is 10.2. The molecule has 3 N–H and O–H groups in total. The van der Waals surface area contributed by atoms with Crippen LogP contribution >= 0.6 is 0 Å². The average Bonchev–Trinajstić information content (AvgIpc) is 2.44. The minimum atomic E-state index is -3.89. The van der Waals surface area contributed by atoms with Crippen molar-refractivity contribution in [2.75, 3.05) is 13.1 Å². The molecule has 8 nitrogen and oxygen atoms in total. The smallest absolute Gasteiger partial charge is 0.328 e. The van der Waals surface area contributed by atoms with Gasteiger partial charge in [0.25, 0.3) is 0 Å². The van der Waals surface area contributed by atoms with Crippen LogP contribution in [0.5, 0.6) is 0 Å². The molecule has 1 aromatic heterocycles. The summed E-state index contributed by atoms with van der Waals surface area (Å²) in [6.45, 7) is 1.73. The number of aromatic nitrogens is 1.